The number of nitrogens with zero attached hydrogens (tertiary/aromatic N) is 1. The number of hydrogen-bond donors (Lipinski definition) is 1. The van der Waals surface area contributed by atoms with Gasteiger partial charge in [-0.15, -0.1) is 0 Å². The lowest BCUT2D eigenvalue weighted by atomic mass is 10.1. The van der Waals surface area contributed by atoms with Crippen molar-refractivity contribution < 1.29 is 37.3 Å². The molecule has 0 aliphatic carbocycles. The normalized spacial score (nSPS) is 14.7. The van der Waals surface area contributed by atoms with E-state index in [2.05, 4.69) is 74.6 Å². The van der Waals surface area contributed by atoms with Crippen LogP contribution >= 0.6 is 7.82 Å². The maximum absolute atomic E-state index is 12.6. The Bertz CT molecular complexity index is 968. The number of ether oxygens (including phenoxy) is 2. The molecule has 2 atom stereocenters. The molecule has 0 bridgehead atoms. The Hall–Kier alpha value is -1.80. The van der Waals surface area contributed by atoms with Crippen molar-refractivity contribution in [2.75, 3.05) is 54.1 Å². The minimum atomic E-state index is -4.28. The number of carbonyl (C=O) groups is 1. The van der Waals surface area contributed by atoms with Gasteiger partial charge in [-0.25, -0.2) is 4.57 Å². The minimum absolute atomic E-state index is 0.0777. The van der Waals surface area contributed by atoms with Crippen molar-refractivity contribution in [1.29, 1.82) is 0 Å². The Labute approximate surface area is 300 Å². The van der Waals surface area contributed by atoms with Crippen molar-refractivity contribution in [3.63, 3.8) is 0 Å². The van der Waals surface area contributed by atoms with E-state index in [9.17, 15) is 14.3 Å². The fourth-order valence-corrected chi connectivity index (χ4v) is 5.32. The third-order valence-electron chi connectivity index (χ3n) is 7.56. The third kappa shape index (κ3) is 37.3. The second kappa shape index (κ2) is 33.3. The summed E-state index contributed by atoms with van der Waals surface area (Å²) in [6.45, 7) is 5.34. The first kappa shape index (κ1) is 47.2. The van der Waals surface area contributed by atoms with Crippen LogP contribution in [0, 0.1) is 0 Å². The molecule has 49 heavy (non-hydrogen) atoms. The van der Waals surface area contributed by atoms with Crippen LogP contribution in [-0.4, -0.2) is 75.6 Å². The van der Waals surface area contributed by atoms with Gasteiger partial charge in [0.15, 0.2) is 0 Å². The number of rotatable bonds is 34. The highest BCUT2D eigenvalue weighted by Crippen LogP contribution is 2.43. The summed E-state index contributed by atoms with van der Waals surface area (Å²) in [5.74, 6) is -0.340. The lowest BCUT2D eigenvalue weighted by Crippen LogP contribution is -2.37. The molecule has 0 saturated heterocycles. The molecule has 0 aromatic heterocycles. The van der Waals surface area contributed by atoms with Crippen LogP contribution < -0.4 is 0 Å². The van der Waals surface area contributed by atoms with Crippen LogP contribution in [0.4, 0.5) is 0 Å². The Morgan fingerprint density at radius 2 is 1.18 bits per heavy atom. The van der Waals surface area contributed by atoms with Gasteiger partial charge in [0.2, 0.25) is 0 Å². The molecule has 0 saturated carbocycles. The topological polar surface area (TPSA) is 91.3 Å². The van der Waals surface area contributed by atoms with Crippen LogP contribution in [0.5, 0.6) is 0 Å². The second-order valence-electron chi connectivity index (χ2n) is 13.6. The third-order valence-corrected chi connectivity index (χ3v) is 8.55. The Morgan fingerprint density at radius 1 is 0.653 bits per heavy atom. The van der Waals surface area contributed by atoms with Gasteiger partial charge < -0.3 is 18.9 Å². The Kier molecular flexibility index (Phi) is 32.1. The van der Waals surface area contributed by atoms with E-state index in [1.807, 2.05) is 21.1 Å². The van der Waals surface area contributed by atoms with E-state index < -0.39 is 13.9 Å². The van der Waals surface area contributed by atoms with Gasteiger partial charge >= 0.3 is 13.8 Å². The van der Waals surface area contributed by atoms with Crippen molar-refractivity contribution in [3.8, 4) is 0 Å². The first-order valence-electron chi connectivity index (χ1n) is 19.0. The monoisotopic (exact) mass is 711 g/mol. The van der Waals surface area contributed by atoms with Crippen molar-refractivity contribution >= 4 is 13.8 Å². The first-order valence-corrected chi connectivity index (χ1v) is 20.5. The highest BCUT2D eigenvalue weighted by molar-refractivity contribution is 7.47. The molecule has 0 aliphatic heterocycles. The Morgan fingerprint density at radius 3 is 1.80 bits per heavy atom. The summed E-state index contributed by atoms with van der Waals surface area (Å²) in [5, 5.41) is 0. The van der Waals surface area contributed by atoms with Gasteiger partial charge in [-0.3, -0.25) is 13.8 Å². The van der Waals surface area contributed by atoms with Crippen LogP contribution in [0.2, 0.25) is 0 Å². The highest BCUT2D eigenvalue weighted by Gasteiger charge is 2.26. The van der Waals surface area contributed by atoms with Gasteiger partial charge in [0.25, 0.3) is 0 Å². The first-order chi connectivity index (χ1) is 23.6. The number of likely N-dealkylation sites (N-methyl/N-ethyl adjacent to an activating group) is 1. The number of carbonyl (C=O) groups excluding carboxylic acids is 1. The quantitative estimate of drug-likeness (QED) is 0.0234. The summed E-state index contributed by atoms with van der Waals surface area (Å²) in [5.41, 5.74) is 0. The van der Waals surface area contributed by atoms with Crippen molar-refractivity contribution in [2.24, 2.45) is 0 Å². The zero-order valence-electron chi connectivity index (χ0n) is 31.9. The largest absolute Gasteiger partial charge is 0.472 e. The van der Waals surface area contributed by atoms with E-state index >= 15 is 0 Å². The molecule has 0 aromatic carbocycles. The predicted molar refractivity (Wildman–Crippen MR) is 205 cm³/mol. The molecule has 0 aliphatic rings. The second-order valence-corrected chi connectivity index (χ2v) is 15.0. The van der Waals surface area contributed by atoms with E-state index in [1.54, 1.807) is 0 Å². The molecule has 0 radical (unpaired) electrons. The number of allylic oxidation sites excluding steroid dienone is 10. The van der Waals surface area contributed by atoms with E-state index in [1.165, 1.54) is 25.7 Å². The zero-order chi connectivity index (χ0) is 36.3. The van der Waals surface area contributed by atoms with E-state index in [0.717, 1.165) is 83.5 Å². The molecule has 0 amide bonds. The average Bonchev–Trinajstić information content (AvgIpc) is 3.04. The van der Waals surface area contributed by atoms with Crippen molar-refractivity contribution in [2.45, 2.75) is 136 Å². The molecule has 284 valence electrons. The van der Waals surface area contributed by atoms with Crippen LogP contribution in [0.25, 0.3) is 0 Å². The average molecular weight is 711 g/mol. The minimum Gasteiger partial charge on any atom is -0.457 e. The number of esters is 1. The van der Waals surface area contributed by atoms with E-state index in [-0.39, 0.29) is 25.8 Å². The standard InChI is InChI=1S/C40H72NO7P/c1-6-8-10-12-14-16-18-19-20-21-22-24-26-28-30-32-35-45-37-39(38-47-49(43,44)46-36-34-41(3,4)5)48-40(42)33-31-29-27-25-23-17-15-13-11-9-7-2/h8,10,13-16,19-20,22,24,39H,6-7,9,11-12,17-18,21,23,25-38H2,1-5H3/p+1/b10-8-,15-13-,16-14-,20-19-,24-22-. The SMILES string of the molecule is CC/C=C\C/C=C\C/C=C\C/C=C\CCCCCOCC(COP(=O)(O)OCC[N+](C)(C)C)OC(=O)CCCCCCC/C=C\CCCC. The molecule has 0 rings (SSSR count). The van der Waals surface area contributed by atoms with Gasteiger partial charge in [0, 0.05) is 13.0 Å². The van der Waals surface area contributed by atoms with Crippen LogP contribution in [0.3, 0.4) is 0 Å². The van der Waals surface area contributed by atoms with Crippen molar-refractivity contribution in [1.82, 2.24) is 0 Å². The van der Waals surface area contributed by atoms with Crippen LogP contribution in [0.15, 0.2) is 60.8 Å². The molecular weight excluding hydrogens is 637 g/mol. The number of phosphoric ester groups is 1. The van der Waals surface area contributed by atoms with Gasteiger partial charge in [-0.2, -0.15) is 0 Å². The molecule has 9 heteroatoms. The molecule has 2 unspecified atom stereocenters. The van der Waals surface area contributed by atoms with Gasteiger partial charge in [-0.05, 0) is 70.6 Å². The number of unbranched alkanes of at least 4 members (excludes halogenated alkanes) is 10. The van der Waals surface area contributed by atoms with Gasteiger partial charge in [0.05, 0.1) is 34.4 Å². The highest BCUT2D eigenvalue weighted by atomic mass is 31.2. The zero-order valence-corrected chi connectivity index (χ0v) is 32.8. The lowest BCUT2D eigenvalue weighted by molar-refractivity contribution is -0.870. The number of hydrogen-bond acceptors (Lipinski definition) is 6. The van der Waals surface area contributed by atoms with Crippen LogP contribution in [0.1, 0.15) is 129 Å². The molecule has 1 N–H and O–H groups in total. The molecule has 0 fully saturated rings. The number of quaternary nitrogens is 1. The summed E-state index contributed by atoms with van der Waals surface area (Å²) in [6, 6.07) is 0. The molecular formula is C40H73NO7P+. The molecule has 0 aromatic rings. The van der Waals surface area contributed by atoms with E-state index in [4.69, 9.17) is 18.5 Å². The fraction of sp³-hybridized carbons (Fsp3) is 0.725. The summed E-state index contributed by atoms with van der Waals surface area (Å²) < 4.78 is 34.8. The predicted octanol–water partition coefficient (Wildman–Crippen LogP) is 10.6. The molecule has 0 heterocycles. The maximum Gasteiger partial charge on any atom is 0.472 e. The van der Waals surface area contributed by atoms with Crippen molar-refractivity contribution in [3.05, 3.63) is 60.8 Å². The van der Waals surface area contributed by atoms with Gasteiger partial charge in [-0.1, -0.05) is 113 Å². The fourth-order valence-electron chi connectivity index (χ4n) is 4.58. The summed E-state index contributed by atoms with van der Waals surface area (Å²) in [4.78, 5) is 22.7. The summed E-state index contributed by atoms with van der Waals surface area (Å²) >= 11 is 0. The Balaban J connectivity index is 4.39. The summed E-state index contributed by atoms with van der Waals surface area (Å²) in [6.07, 6.45) is 39.7. The molecule has 0 spiro atoms. The van der Waals surface area contributed by atoms with E-state index in [0.29, 0.717) is 24.1 Å². The number of phosphoric acid groups is 1. The molecule has 8 nitrogen and oxygen atoms in total. The lowest BCUT2D eigenvalue weighted by Gasteiger charge is -2.24. The smallest absolute Gasteiger partial charge is 0.457 e. The van der Waals surface area contributed by atoms with Gasteiger partial charge in [0.1, 0.15) is 19.3 Å². The van der Waals surface area contributed by atoms with Crippen LogP contribution in [-0.2, 0) is 27.9 Å². The summed E-state index contributed by atoms with van der Waals surface area (Å²) in [7, 11) is 1.63. The maximum atomic E-state index is 12.6.